The number of amides is 2. The smallest absolute Gasteiger partial charge is 0.335 e. The standard InChI is InChI=1S/C33H29N3O4/c37-31(28-18-27(28)21-7-2-1-3-8-21)35-19-24-12-13-25(22-9-6-10-23(17-22)33(39)40)26-14-16-36(20-29(24)26)32(38)30-11-4-5-15-34-30/h1-13,15,17,27-28H,14,16,18-20H2,(H,35,37)(H,39,40)/t27-,28-/m1/s1. The minimum atomic E-state index is -0.976. The van der Waals surface area contributed by atoms with Crippen molar-refractivity contribution in [3.63, 3.8) is 0 Å². The first-order valence-corrected chi connectivity index (χ1v) is 13.5. The normalized spacial score (nSPS) is 17.6. The Bertz CT molecular complexity index is 1590. The van der Waals surface area contributed by atoms with E-state index in [1.54, 1.807) is 47.5 Å². The van der Waals surface area contributed by atoms with Gasteiger partial charge in [0.15, 0.2) is 0 Å². The Hall–Kier alpha value is -4.78. The molecular weight excluding hydrogens is 502 g/mol. The van der Waals surface area contributed by atoms with E-state index in [4.69, 9.17) is 0 Å². The third-order valence-corrected chi connectivity index (χ3v) is 7.91. The van der Waals surface area contributed by atoms with E-state index in [2.05, 4.69) is 22.4 Å². The van der Waals surface area contributed by atoms with Crippen LogP contribution in [0.2, 0.25) is 0 Å². The van der Waals surface area contributed by atoms with Crippen LogP contribution in [0.15, 0.2) is 91.1 Å². The third-order valence-electron chi connectivity index (χ3n) is 7.91. The molecule has 2 heterocycles. The van der Waals surface area contributed by atoms with E-state index >= 15 is 0 Å². The molecule has 7 heteroatoms. The molecule has 2 N–H and O–H groups in total. The predicted octanol–water partition coefficient (Wildman–Crippen LogP) is 5.07. The molecule has 0 bridgehead atoms. The summed E-state index contributed by atoms with van der Waals surface area (Å²) >= 11 is 0. The number of carboxylic acid groups (broad SMARTS) is 1. The van der Waals surface area contributed by atoms with Crippen LogP contribution in [0.1, 0.15) is 55.4 Å². The molecule has 1 aliphatic carbocycles. The number of hydrogen-bond acceptors (Lipinski definition) is 4. The van der Waals surface area contributed by atoms with Crippen molar-refractivity contribution >= 4 is 17.8 Å². The lowest BCUT2D eigenvalue weighted by atomic mass is 9.87. The first kappa shape index (κ1) is 25.5. The van der Waals surface area contributed by atoms with Gasteiger partial charge in [0.2, 0.25) is 5.91 Å². The van der Waals surface area contributed by atoms with Gasteiger partial charge >= 0.3 is 5.97 Å². The van der Waals surface area contributed by atoms with Crippen molar-refractivity contribution in [2.75, 3.05) is 6.54 Å². The van der Waals surface area contributed by atoms with Gasteiger partial charge in [-0.05, 0) is 76.4 Å². The lowest BCUT2D eigenvalue weighted by Crippen LogP contribution is -2.37. The van der Waals surface area contributed by atoms with E-state index in [9.17, 15) is 19.5 Å². The Balaban J connectivity index is 1.28. The number of aromatic carboxylic acids is 1. The van der Waals surface area contributed by atoms with E-state index in [1.807, 2.05) is 36.4 Å². The van der Waals surface area contributed by atoms with Gasteiger partial charge in [0.25, 0.3) is 5.91 Å². The Morgan fingerprint density at radius 2 is 1.75 bits per heavy atom. The molecule has 1 aliphatic heterocycles. The van der Waals surface area contributed by atoms with E-state index in [0.29, 0.717) is 31.7 Å². The summed E-state index contributed by atoms with van der Waals surface area (Å²) in [6.07, 6.45) is 3.07. The zero-order valence-corrected chi connectivity index (χ0v) is 21.9. The first-order valence-electron chi connectivity index (χ1n) is 13.5. The summed E-state index contributed by atoms with van der Waals surface area (Å²) in [6, 6.07) is 26.3. The second-order valence-corrected chi connectivity index (χ2v) is 10.4. The zero-order valence-electron chi connectivity index (χ0n) is 21.9. The Kier molecular flexibility index (Phi) is 6.86. The van der Waals surface area contributed by atoms with Crippen molar-refractivity contribution in [3.05, 3.63) is 125 Å². The summed E-state index contributed by atoms with van der Waals surface area (Å²) in [5, 5.41) is 12.7. The van der Waals surface area contributed by atoms with Crippen molar-refractivity contribution in [1.82, 2.24) is 15.2 Å². The topological polar surface area (TPSA) is 99.6 Å². The van der Waals surface area contributed by atoms with Crippen LogP contribution in [-0.2, 0) is 24.3 Å². The molecule has 1 aromatic heterocycles. The minimum Gasteiger partial charge on any atom is -0.478 e. The number of aromatic nitrogens is 1. The number of rotatable bonds is 7. The molecule has 7 nitrogen and oxygen atoms in total. The van der Waals surface area contributed by atoms with E-state index in [0.717, 1.165) is 34.2 Å². The molecule has 3 aromatic carbocycles. The second-order valence-electron chi connectivity index (χ2n) is 10.4. The highest BCUT2D eigenvalue weighted by molar-refractivity contribution is 5.93. The number of pyridine rings is 1. The highest BCUT2D eigenvalue weighted by Gasteiger charge is 2.43. The SMILES string of the molecule is O=C(O)c1cccc(-c2ccc(CNC(=O)[C@@H]3C[C@@H]3c3ccccc3)c3c2CCN(C(=O)c2ccccn2)C3)c1. The van der Waals surface area contributed by atoms with Crippen molar-refractivity contribution < 1.29 is 19.5 Å². The van der Waals surface area contributed by atoms with E-state index < -0.39 is 5.97 Å². The van der Waals surface area contributed by atoms with Crippen LogP contribution in [0.5, 0.6) is 0 Å². The molecule has 1 saturated carbocycles. The number of carbonyl (C=O) groups is 3. The van der Waals surface area contributed by atoms with Gasteiger partial charge in [0, 0.05) is 31.7 Å². The largest absolute Gasteiger partial charge is 0.478 e. The summed E-state index contributed by atoms with van der Waals surface area (Å²) in [7, 11) is 0. The molecule has 0 saturated heterocycles. The maximum atomic E-state index is 13.3. The number of hydrogen-bond donors (Lipinski definition) is 2. The number of benzene rings is 3. The number of carboxylic acids is 1. The minimum absolute atomic E-state index is 0.0292. The summed E-state index contributed by atoms with van der Waals surface area (Å²) in [5.74, 6) is -0.846. The number of nitrogens with one attached hydrogen (secondary N) is 1. The summed E-state index contributed by atoms with van der Waals surface area (Å²) in [6.45, 7) is 1.27. The van der Waals surface area contributed by atoms with E-state index in [-0.39, 0.29) is 29.2 Å². The van der Waals surface area contributed by atoms with Crippen LogP contribution in [0, 0.1) is 5.92 Å². The first-order chi connectivity index (χ1) is 19.5. The van der Waals surface area contributed by atoms with Crippen molar-refractivity contribution in [2.45, 2.75) is 31.8 Å². The molecule has 1 fully saturated rings. The van der Waals surface area contributed by atoms with Gasteiger partial charge in [-0.2, -0.15) is 0 Å². The number of nitrogens with zero attached hydrogens (tertiary/aromatic N) is 2. The molecule has 0 unspecified atom stereocenters. The number of carbonyl (C=O) groups excluding carboxylic acids is 2. The molecule has 2 atom stereocenters. The molecule has 0 radical (unpaired) electrons. The van der Waals surface area contributed by atoms with Gasteiger partial charge in [-0.3, -0.25) is 14.6 Å². The molecule has 6 rings (SSSR count). The Labute approximate surface area is 232 Å². The lowest BCUT2D eigenvalue weighted by Gasteiger charge is -2.32. The van der Waals surface area contributed by atoms with Crippen molar-refractivity contribution in [3.8, 4) is 11.1 Å². The fourth-order valence-corrected chi connectivity index (χ4v) is 5.69. The Morgan fingerprint density at radius 1 is 0.925 bits per heavy atom. The molecular formula is C33H29N3O4. The van der Waals surface area contributed by atoms with Crippen LogP contribution < -0.4 is 5.32 Å². The van der Waals surface area contributed by atoms with Crippen molar-refractivity contribution in [1.29, 1.82) is 0 Å². The van der Waals surface area contributed by atoms with Gasteiger partial charge in [0.05, 0.1) is 5.56 Å². The zero-order chi connectivity index (χ0) is 27.6. The average molecular weight is 532 g/mol. The molecule has 0 spiro atoms. The highest BCUT2D eigenvalue weighted by Crippen LogP contribution is 2.47. The molecule has 2 aliphatic rings. The predicted molar refractivity (Wildman–Crippen MR) is 151 cm³/mol. The van der Waals surface area contributed by atoms with Crippen LogP contribution in [0.25, 0.3) is 11.1 Å². The summed E-state index contributed by atoms with van der Waals surface area (Å²) in [5.41, 5.74) is 6.60. The van der Waals surface area contributed by atoms with Crippen LogP contribution >= 0.6 is 0 Å². The second kappa shape index (κ2) is 10.8. The van der Waals surface area contributed by atoms with Crippen LogP contribution in [0.4, 0.5) is 0 Å². The number of fused-ring (bicyclic) bond motifs is 1. The van der Waals surface area contributed by atoms with Crippen molar-refractivity contribution in [2.24, 2.45) is 5.92 Å². The fourth-order valence-electron chi connectivity index (χ4n) is 5.69. The average Bonchev–Trinajstić information content (AvgIpc) is 3.81. The van der Waals surface area contributed by atoms with E-state index in [1.165, 1.54) is 5.56 Å². The van der Waals surface area contributed by atoms with Gasteiger partial charge in [-0.1, -0.05) is 60.7 Å². The monoisotopic (exact) mass is 531 g/mol. The maximum absolute atomic E-state index is 13.3. The molecule has 2 amide bonds. The summed E-state index contributed by atoms with van der Waals surface area (Å²) < 4.78 is 0. The maximum Gasteiger partial charge on any atom is 0.335 e. The van der Waals surface area contributed by atoms with Gasteiger partial charge in [-0.25, -0.2) is 4.79 Å². The molecule has 40 heavy (non-hydrogen) atoms. The van der Waals surface area contributed by atoms with Crippen LogP contribution in [0.3, 0.4) is 0 Å². The molecule has 4 aromatic rings. The summed E-state index contributed by atoms with van der Waals surface area (Å²) in [4.78, 5) is 43.9. The Morgan fingerprint density at radius 3 is 2.52 bits per heavy atom. The highest BCUT2D eigenvalue weighted by atomic mass is 16.4. The van der Waals surface area contributed by atoms with Gasteiger partial charge in [0.1, 0.15) is 5.69 Å². The third kappa shape index (κ3) is 5.10. The lowest BCUT2D eigenvalue weighted by molar-refractivity contribution is -0.122. The van der Waals surface area contributed by atoms with Gasteiger partial charge < -0.3 is 15.3 Å². The van der Waals surface area contributed by atoms with Gasteiger partial charge in [-0.15, -0.1) is 0 Å². The van der Waals surface area contributed by atoms with Crippen LogP contribution in [-0.4, -0.2) is 39.3 Å². The quantitative estimate of drug-likeness (QED) is 0.347. The fraction of sp³-hybridized carbons (Fsp3) is 0.212. The molecule has 200 valence electrons.